The molecule has 88 valence electrons. The van der Waals surface area contributed by atoms with Crippen LogP contribution in [0.2, 0.25) is 0 Å². The lowest BCUT2D eigenvalue weighted by Gasteiger charge is -2.25. The van der Waals surface area contributed by atoms with Crippen LogP contribution in [0.1, 0.15) is 19.4 Å². The van der Waals surface area contributed by atoms with Crippen LogP contribution in [0.25, 0.3) is 0 Å². The quantitative estimate of drug-likeness (QED) is 0.796. The van der Waals surface area contributed by atoms with Crippen LogP contribution >= 0.6 is 0 Å². The van der Waals surface area contributed by atoms with Crippen LogP contribution in [0.3, 0.4) is 0 Å². The maximum absolute atomic E-state index is 8.94. The Kier molecular flexibility index (Phi) is 4.12. The van der Waals surface area contributed by atoms with Crippen molar-refractivity contribution in [3.63, 3.8) is 0 Å². The lowest BCUT2D eigenvalue weighted by molar-refractivity contribution is 0.312. The number of nitriles is 2. The predicted molar refractivity (Wildman–Crippen MR) is 65.2 cm³/mol. The third-order valence-electron chi connectivity index (χ3n) is 2.83. The SMILES string of the molecule is COc1cccc(CC(C)(C)C(C#N)C#N)c1. The van der Waals surface area contributed by atoms with Gasteiger partial charge in [-0.3, -0.25) is 0 Å². The van der Waals surface area contributed by atoms with Gasteiger partial charge in [-0.25, -0.2) is 0 Å². The van der Waals surface area contributed by atoms with E-state index in [-0.39, 0.29) is 5.41 Å². The highest BCUT2D eigenvalue weighted by Crippen LogP contribution is 2.31. The number of benzene rings is 1. The molecule has 1 rings (SSSR count). The zero-order chi connectivity index (χ0) is 12.9. The van der Waals surface area contributed by atoms with Crippen molar-refractivity contribution >= 4 is 0 Å². The first-order chi connectivity index (χ1) is 8.03. The highest BCUT2D eigenvalue weighted by atomic mass is 16.5. The maximum atomic E-state index is 8.94. The molecular formula is C14H16N2O. The molecule has 0 unspecified atom stereocenters. The van der Waals surface area contributed by atoms with E-state index in [1.807, 2.05) is 50.3 Å². The first kappa shape index (κ1) is 13.1. The smallest absolute Gasteiger partial charge is 0.138 e. The number of methoxy groups -OCH3 is 1. The van der Waals surface area contributed by atoms with Gasteiger partial charge in [-0.15, -0.1) is 0 Å². The Morgan fingerprint density at radius 1 is 1.29 bits per heavy atom. The summed E-state index contributed by atoms with van der Waals surface area (Å²) < 4.78 is 5.15. The van der Waals surface area contributed by atoms with Crippen molar-refractivity contribution in [1.29, 1.82) is 10.5 Å². The van der Waals surface area contributed by atoms with Crippen molar-refractivity contribution in [3.8, 4) is 17.9 Å². The second-order valence-electron chi connectivity index (χ2n) is 4.71. The van der Waals surface area contributed by atoms with Gasteiger partial charge in [0.25, 0.3) is 0 Å². The van der Waals surface area contributed by atoms with Crippen molar-refractivity contribution < 1.29 is 4.74 Å². The average molecular weight is 228 g/mol. The first-order valence-corrected chi connectivity index (χ1v) is 5.45. The summed E-state index contributed by atoms with van der Waals surface area (Å²) in [6, 6.07) is 11.8. The molecule has 0 atom stereocenters. The van der Waals surface area contributed by atoms with E-state index in [1.165, 1.54) is 0 Å². The van der Waals surface area contributed by atoms with Gasteiger partial charge in [0.05, 0.1) is 19.2 Å². The molecule has 0 heterocycles. The highest BCUT2D eigenvalue weighted by molar-refractivity contribution is 5.29. The van der Waals surface area contributed by atoms with Crippen molar-refractivity contribution in [1.82, 2.24) is 0 Å². The average Bonchev–Trinajstić information content (AvgIpc) is 2.29. The Bertz CT molecular complexity index is 452. The molecule has 1 aromatic rings. The molecule has 0 aliphatic heterocycles. The zero-order valence-electron chi connectivity index (χ0n) is 10.4. The van der Waals surface area contributed by atoms with Gasteiger partial charge in [0.15, 0.2) is 0 Å². The summed E-state index contributed by atoms with van der Waals surface area (Å²) >= 11 is 0. The van der Waals surface area contributed by atoms with Gasteiger partial charge in [0, 0.05) is 0 Å². The number of hydrogen-bond acceptors (Lipinski definition) is 3. The van der Waals surface area contributed by atoms with Gasteiger partial charge in [-0.1, -0.05) is 26.0 Å². The molecule has 0 fully saturated rings. The fourth-order valence-electron chi connectivity index (χ4n) is 1.79. The molecule has 1 aromatic carbocycles. The van der Waals surface area contributed by atoms with E-state index in [0.717, 1.165) is 11.3 Å². The normalized spacial score (nSPS) is 10.7. The summed E-state index contributed by atoms with van der Waals surface area (Å²) in [5, 5.41) is 17.9. The van der Waals surface area contributed by atoms with Crippen LogP contribution < -0.4 is 4.74 Å². The fraction of sp³-hybridized carbons (Fsp3) is 0.429. The number of hydrogen-bond donors (Lipinski definition) is 0. The van der Waals surface area contributed by atoms with E-state index in [2.05, 4.69) is 0 Å². The molecular weight excluding hydrogens is 212 g/mol. The number of nitrogens with zero attached hydrogens (tertiary/aromatic N) is 2. The summed E-state index contributed by atoms with van der Waals surface area (Å²) in [7, 11) is 1.62. The van der Waals surface area contributed by atoms with E-state index in [0.29, 0.717) is 6.42 Å². The second-order valence-corrected chi connectivity index (χ2v) is 4.71. The number of rotatable bonds is 4. The molecule has 0 saturated heterocycles. The van der Waals surface area contributed by atoms with Crippen molar-refractivity contribution in [3.05, 3.63) is 29.8 Å². The minimum absolute atomic E-state index is 0.365. The maximum Gasteiger partial charge on any atom is 0.138 e. The van der Waals surface area contributed by atoms with Crippen LogP contribution in [-0.4, -0.2) is 7.11 Å². The Morgan fingerprint density at radius 3 is 2.47 bits per heavy atom. The molecule has 3 heteroatoms. The van der Waals surface area contributed by atoms with Gasteiger partial charge < -0.3 is 4.74 Å². The Hall–Kier alpha value is -2.00. The van der Waals surface area contributed by atoms with Gasteiger partial charge in [-0.2, -0.15) is 10.5 Å². The fourth-order valence-corrected chi connectivity index (χ4v) is 1.79. The summed E-state index contributed by atoms with van der Waals surface area (Å²) in [4.78, 5) is 0. The minimum Gasteiger partial charge on any atom is -0.497 e. The molecule has 17 heavy (non-hydrogen) atoms. The van der Waals surface area contributed by atoms with Crippen LogP contribution in [-0.2, 0) is 6.42 Å². The lowest BCUT2D eigenvalue weighted by Crippen LogP contribution is -2.24. The molecule has 0 aromatic heterocycles. The Labute approximate surface area is 102 Å². The third-order valence-corrected chi connectivity index (χ3v) is 2.83. The molecule has 0 aliphatic rings. The van der Waals surface area contributed by atoms with Gasteiger partial charge in [0.1, 0.15) is 11.7 Å². The monoisotopic (exact) mass is 228 g/mol. The minimum atomic E-state index is -0.603. The van der Waals surface area contributed by atoms with Crippen LogP contribution in [0.4, 0.5) is 0 Å². The van der Waals surface area contributed by atoms with Crippen molar-refractivity contribution in [2.24, 2.45) is 11.3 Å². The first-order valence-electron chi connectivity index (χ1n) is 5.45. The topological polar surface area (TPSA) is 56.8 Å². The molecule has 0 saturated carbocycles. The summed E-state index contributed by atoms with van der Waals surface area (Å²) in [6.45, 7) is 3.87. The van der Waals surface area contributed by atoms with E-state index < -0.39 is 5.92 Å². The summed E-state index contributed by atoms with van der Waals surface area (Å²) in [5.41, 5.74) is 0.709. The molecule has 0 aliphatic carbocycles. The Morgan fingerprint density at radius 2 is 1.94 bits per heavy atom. The summed E-state index contributed by atoms with van der Waals surface area (Å²) in [5.74, 6) is 0.192. The molecule has 0 N–H and O–H groups in total. The van der Waals surface area contributed by atoms with Crippen LogP contribution in [0.15, 0.2) is 24.3 Å². The molecule has 0 amide bonds. The van der Waals surface area contributed by atoms with E-state index in [1.54, 1.807) is 7.11 Å². The molecule has 0 spiro atoms. The molecule has 0 bridgehead atoms. The Balaban J connectivity index is 2.90. The number of ether oxygens (including phenoxy) is 1. The zero-order valence-corrected chi connectivity index (χ0v) is 10.4. The van der Waals surface area contributed by atoms with Gasteiger partial charge >= 0.3 is 0 Å². The third kappa shape index (κ3) is 3.23. The van der Waals surface area contributed by atoms with Gasteiger partial charge in [0.2, 0.25) is 0 Å². The van der Waals surface area contributed by atoms with E-state index in [4.69, 9.17) is 15.3 Å². The highest BCUT2D eigenvalue weighted by Gasteiger charge is 2.29. The standard InChI is InChI=1S/C14H16N2O/c1-14(2,12(9-15)10-16)8-11-5-4-6-13(7-11)17-3/h4-7,12H,8H2,1-3H3. The van der Waals surface area contributed by atoms with E-state index in [9.17, 15) is 0 Å². The van der Waals surface area contributed by atoms with Crippen LogP contribution in [0.5, 0.6) is 5.75 Å². The van der Waals surface area contributed by atoms with Crippen molar-refractivity contribution in [2.45, 2.75) is 20.3 Å². The van der Waals surface area contributed by atoms with Crippen LogP contribution in [0, 0.1) is 34.0 Å². The van der Waals surface area contributed by atoms with Crippen molar-refractivity contribution in [2.75, 3.05) is 7.11 Å². The summed E-state index contributed by atoms with van der Waals surface area (Å²) in [6.07, 6.45) is 0.677. The molecule has 3 nitrogen and oxygen atoms in total. The lowest BCUT2D eigenvalue weighted by atomic mass is 9.76. The molecule has 0 radical (unpaired) electrons. The van der Waals surface area contributed by atoms with E-state index >= 15 is 0 Å². The largest absolute Gasteiger partial charge is 0.497 e. The predicted octanol–water partition coefficient (Wildman–Crippen LogP) is 2.93. The second kappa shape index (κ2) is 5.37. The van der Waals surface area contributed by atoms with Gasteiger partial charge in [-0.05, 0) is 29.5 Å².